The molecule has 0 aliphatic carbocycles. The Morgan fingerprint density at radius 1 is 1.41 bits per heavy atom. The molecule has 0 radical (unpaired) electrons. The van der Waals surface area contributed by atoms with Crippen LogP contribution in [0.4, 0.5) is 13.2 Å². The fraction of sp³-hybridized carbons (Fsp3) is 0.667. The van der Waals surface area contributed by atoms with Gasteiger partial charge in [0.1, 0.15) is 0 Å². The minimum Gasteiger partial charge on any atom is -0.423 e. The van der Waals surface area contributed by atoms with Gasteiger partial charge in [0, 0.05) is 18.2 Å². The molecule has 17 heavy (non-hydrogen) atoms. The average Bonchev–Trinajstić information content (AvgIpc) is 2.57. The fourth-order valence-corrected chi connectivity index (χ4v) is 1.35. The topological polar surface area (TPSA) is 58.3 Å². The van der Waals surface area contributed by atoms with E-state index in [9.17, 15) is 13.2 Å². The summed E-state index contributed by atoms with van der Waals surface area (Å²) in [5, 5.41) is 21.1. The molecule has 0 amide bonds. The van der Waals surface area contributed by atoms with E-state index in [-0.39, 0.29) is 0 Å². The Morgan fingerprint density at radius 3 is 2.35 bits per heavy atom. The maximum Gasteiger partial charge on any atom is 0.492 e. The lowest BCUT2D eigenvalue weighted by atomic mass is 9.80. The van der Waals surface area contributed by atoms with E-state index < -0.39 is 24.5 Å². The summed E-state index contributed by atoms with van der Waals surface area (Å²) in [6.07, 6.45) is -2.99. The zero-order chi connectivity index (χ0) is 13.2. The molecule has 0 fully saturated rings. The van der Waals surface area contributed by atoms with Gasteiger partial charge in [0.05, 0.1) is 0 Å². The van der Waals surface area contributed by atoms with Gasteiger partial charge in [-0.3, -0.25) is 4.68 Å². The molecule has 1 aromatic heterocycles. The monoisotopic (exact) mass is 250 g/mol. The summed E-state index contributed by atoms with van der Waals surface area (Å²) in [5.74, 6) is 0.330. The predicted octanol–water partition coefficient (Wildman–Crippen LogP) is 0.628. The first-order valence-electron chi connectivity index (χ1n) is 5.22. The van der Waals surface area contributed by atoms with Crippen molar-refractivity contribution < 1.29 is 23.2 Å². The van der Waals surface area contributed by atoms with E-state index in [1.54, 1.807) is 0 Å². The van der Waals surface area contributed by atoms with Gasteiger partial charge in [-0.05, 0) is 12.3 Å². The standard InChI is InChI=1S/C9H14BF3N2O2/c1-6(2)3-4-15-5-7(10(16)17)8(14-15)9(11,12)13/h5-6,16-17H,3-4H2,1-2H3. The van der Waals surface area contributed by atoms with Gasteiger partial charge in [-0.2, -0.15) is 18.3 Å². The van der Waals surface area contributed by atoms with Crippen molar-refractivity contribution in [1.82, 2.24) is 9.78 Å². The molecule has 0 unspecified atom stereocenters. The van der Waals surface area contributed by atoms with E-state index >= 15 is 0 Å². The highest BCUT2D eigenvalue weighted by atomic mass is 19.4. The van der Waals surface area contributed by atoms with Gasteiger partial charge in [0.2, 0.25) is 0 Å². The third-order valence-corrected chi connectivity index (χ3v) is 2.27. The predicted molar refractivity (Wildman–Crippen MR) is 56.5 cm³/mol. The maximum atomic E-state index is 12.5. The summed E-state index contributed by atoms with van der Waals surface area (Å²) in [5.41, 5.74) is -1.85. The molecule has 4 nitrogen and oxygen atoms in total. The van der Waals surface area contributed by atoms with Crippen LogP contribution < -0.4 is 5.46 Å². The third-order valence-electron chi connectivity index (χ3n) is 2.27. The van der Waals surface area contributed by atoms with Gasteiger partial charge < -0.3 is 10.0 Å². The zero-order valence-electron chi connectivity index (χ0n) is 9.57. The van der Waals surface area contributed by atoms with Gasteiger partial charge in [0.15, 0.2) is 5.69 Å². The van der Waals surface area contributed by atoms with Crippen molar-refractivity contribution in [2.45, 2.75) is 33.0 Å². The second-order valence-electron chi connectivity index (χ2n) is 4.25. The Kier molecular flexibility index (Phi) is 4.21. The normalized spacial score (nSPS) is 12.2. The summed E-state index contributed by atoms with van der Waals surface area (Å²) < 4.78 is 38.7. The lowest BCUT2D eigenvalue weighted by Gasteiger charge is -2.05. The van der Waals surface area contributed by atoms with Crippen LogP contribution in [0.1, 0.15) is 26.0 Å². The first-order valence-corrected chi connectivity index (χ1v) is 5.22. The number of nitrogens with zero attached hydrogens (tertiary/aromatic N) is 2. The van der Waals surface area contributed by atoms with Gasteiger partial charge in [-0.25, -0.2) is 0 Å². The molecule has 1 rings (SSSR count). The number of aryl methyl sites for hydroxylation is 1. The van der Waals surface area contributed by atoms with Crippen LogP contribution in [0, 0.1) is 5.92 Å². The largest absolute Gasteiger partial charge is 0.492 e. The van der Waals surface area contributed by atoms with E-state index in [4.69, 9.17) is 10.0 Å². The summed E-state index contributed by atoms with van der Waals surface area (Å²) in [6.45, 7) is 4.19. The Morgan fingerprint density at radius 2 is 2.00 bits per heavy atom. The van der Waals surface area contributed by atoms with Crippen molar-refractivity contribution in [2.75, 3.05) is 0 Å². The lowest BCUT2D eigenvalue weighted by Crippen LogP contribution is -2.34. The molecular formula is C9H14BF3N2O2. The quantitative estimate of drug-likeness (QED) is 0.770. The summed E-state index contributed by atoms with van der Waals surface area (Å²) in [7, 11) is -2.17. The zero-order valence-corrected chi connectivity index (χ0v) is 9.57. The van der Waals surface area contributed by atoms with Gasteiger partial charge in [-0.15, -0.1) is 0 Å². The molecular weight excluding hydrogens is 236 g/mol. The molecule has 0 aromatic carbocycles. The fourth-order valence-electron chi connectivity index (χ4n) is 1.35. The van der Waals surface area contributed by atoms with E-state index in [2.05, 4.69) is 5.10 Å². The second kappa shape index (κ2) is 5.09. The third kappa shape index (κ3) is 3.74. The van der Waals surface area contributed by atoms with Crippen LogP contribution in [0.2, 0.25) is 0 Å². The Labute approximate surface area is 97.2 Å². The van der Waals surface area contributed by atoms with Crippen LogP contribution in [0.5, 0.6) is 0 Å². The Hall–Kier alpha value is -1.02. The average molecular weight is 250 g/mol. The van der Waals surface area contributed by atoms with E-state index in [0.717, 1.165) is 10.9 Å². The van der Waals surface area contributed by atoms with Crippen LogP contribution in [0.15, 0.2) is 6.20 Å². The molecule has 0 aliphatic heterocycles. The SMILES string of the molecule is CC(C)CCn1cc(B(O)O)c(C(F)(F)F)n1. The highest BCUT2D eigenvalue weighted by Gasteiger charge is 2.39. The van der Waals surface area contributed by atoms with Gasteiger partial charge in [-0.1, -0.05) is 13.8 Å². The minimum absolute atomic E-state index is 0.313. The minimum atomic E-state index is -4.68. The van der Waals surface area contributed by atoms with Gasteiger partial charge >= 0.3 is 13.3 Å². The van der Waals surface area contributed by atoms with Crippen molar-refractivity contribution in [3.8, 4) is 0 Å². The highest BCUT2D eigenvalue weighted by Crippen LogP contribution is 2.26. The summed E-state index contributed by atoms with van der Waals surface area (Å²) in [6, 6.07) is 0. The number of hydrogen-bond acceptors (Lipinski definition) is 3. The number of rotatable bonds is 4. The Bertz CT molecular complexity index is 377. The molecule has 8 heteroatoms. The molecule has 0 atom stereocenters. The smallest absolute Gasteiger partial charge is 0.423 e. The molecule has 2 N–H and O–H groups in total. The lowest BCUT2D eigenvalue weighted by molar-refractivity contribution is -0.140. The van der Waals surface area contributed by atoms with Crippen molar-refractivity contribution >= 4 is 12.6 Å². The van der Waals surface area contributed by atoms with Crippen LogP contribution in [-0.4, -0.2) is 26.9 Å². The molecule has 0 saturated heterocycles. The van der Waals surface area contributed by atoms with Crippen molar-refractivity contribution in [3.05, 3.63) is 11.9 Å². The highest BCUT2D eigenvalue weighted by molar-refractivity contribution is 6.59. The summed E-state index contributed by atoms with van der Waals surface area (Å²) in [4.78, 5) is 0. The molecule has 0 aliphatic rings. The molecule has 0 spiro atoms. The molecule has 1 aromatic rings. The van der Waals surface area contributed by atoms with Crippen molar-refractivity contribution in [3.63, 3.8) is 0 Å². The van der Waals surface area contributed by atoms with Crippen LogP contribution in [0.25, 0.3) is 0 Å². The van der Waals surface area contributed by atoms with Gasteiger partial charge in [0.25, 0.3) is 0 Å². The van der Waals surface area contributed by atoms with Crippen LogP contribution >= 0.6 is 0 Å². The Balaban J connectivity index is 2.96. The molecule has 0 saturated carbocycles. The number of alkyl halides is 3. The molecule has 0 bridgehead atoms. The number of hydrogen-bond donors (Lipinski definition) is 2. The first-order chi connectivity index (χ1) is 7.71. The van der Waals surface area contributed by atoms with E-state index in [1.807, 2.05) is 13.8 Å². The van der Waals surface area contributed by atoms with E-state index in [1.165, 1.54) is 0 Å². The van der Waals surface area contributed by atoms with Crippen molar-refractivity contribution in [2.24, 2.45) is 5.92 Å². The molecule has 96 valence electrons. The van der Waals surface area contributed by atoms with Crippen LogP contribution in [0.3, 0.4) is 0 Å². The molecule has 1 heterocycles. The maximum absolute atomic E-state index is 12.5. The van der Waals surface area contributed by atoms with E-state index in [0.29, 0.717) is 18.9 Å². The van der Waals surface area contributed by atoms with Crippen molar-refractivity contribution in [1.29, 1.82) is 0 Å². The van der Waals surface area contributed by atoms with Crippen LogP contribution in [-0.2, 0) is 12.7 Å². The number of halogens is 3. The summed E-state index contributed by atoms with van der Waals surface area (Å²) >= 11 is 0. The number of aromatic nitrogens is 2. The second-order valence-corrected chi connectivity index (χ2v) is 4.25. The first kappa shape index (κ1) is 14.0.